The molecule has 2 N–H and O–H groups in total. The summed E-state index contributed by atoms with van der Waals surface area (Å²) in [6.45, 7) is 0. The molecule has 0 unspecified atom stereocenters. The van der Waals surface area contributed by atoms with Crippen LogP contribution in [0.3, 0.4) is 0 Å². The van der Waals surface area contributed by atoms with Crippen molar-refractivity contribution in [2.45, 2.75) is 25.7 Å². The minimum Gasteiger partial charge on any atom is -0.504 e. The van der Waals surface area contributed by atoms with E-state index in [9.17, 15) is 19.6 Å². The fraction of sp³-hybridized carbons (Fsp3) is 0.182. The van der Waals surface area contributed by atoms with Gasteiger partial charge >= 0.3 is 0 Å². The average Bonchev–Trinajstić information content (AvgIpc) is 3.11. The van der Waals surface area contributed by atoms with Crippen LogP contribution in [-0.2, 0) is 12.8 Å². The van der Waals surface area contributed by atoms with Crippen LogP contribution in [0.4, 0.5) is 9.39 Å². The van der Waals surface area contributed by atoms with Gasteiger partial charge in [-0.05, 0) is 55.5 Å². The fourth-order valence-electron chi connectivity index (χ4n) is 3.15. The van der Waals surface area contributed by atoms with Crippen molar-refractivity contribution in [3.05, 3.63) is 74.8 Å². The smallest absolute Gasteiger partial charge is 0.188 e. The second kappa shape index (κ2) is 9.05. The van der Waals surface area contributed by atoms with Gasteiger partial charge in [-0.2, -0.15) is 15.8 Å². The summed E-state index contributed by atoms with van der Waals surface area (Å²) in [5.74, 6) is -1.78. The third-order valence-electron chi connectivity index (χ3n) is 4.65. The van der Waals surface area contributed by atoms with Gasteiger partial charge in [0.2, 0.25) is 0 Å². The van der Waals surface area contributed by atoms with E-state index in [0.29, 0.717) is 10.6 Å². The fourth-order valence-corrected chi connectivity index (χ4v) is 4.40. The highest BCUT2D eigenvalue weighted by Crippen LogP contribution is 2.38. The number of hydrogen-bond donors (Lipinski definition) is 2. The number of nitriles is 3. The average molecular weight is 418 g/mol. The molecule has 0 aliphatic heterocycles. The van der Waals surface area contributed by atoms with Gasteiger partial charge in [0.05, 0.1) is 11.3 Å². The Labute approximate surface area is 176 Å². The summed E-state index contributed by atoms with van der Waals surface area (Å²) >= 11 is 1.35. The number of aryl methyl sites for hydroxylation is 1. The topological polar surface area (TPSA) is 121 Å². The first-order valence-corrected chi connectivity index (χ1v) is 9.87. The van der Waals surface area contributed by atoms with E-state index in [2.05, 4.69) is 11.4 Å². The second-order valence-electron chi connectivity index (χ2n) is 6.53. The summed E-state index contributed by atoms with van der Waals surface area (Å²) in [4.78, 5) is 13.7. The molecule has 30 heavy (non-hydrogen) atoms. The van der Waals surface area contributed by atoms with E-state index in [1.165, 1.54) is 23.5 Å². The number of nitrogens with zero attached hydrogens (tertiary/aromatic N) is 3. The van der Waals surface area contributed by atoms with Crippen molar-refractivity contribution in [3.8, 4) is 18.2 Å². The zero-order valence-corrected chi connectivity index (χ0v) is 16.5. The number of aliphatic hydroxyl groups excluding tert-OH is 1. The number of halogens is 1. The van der Waals surface area contributed by atoms with E-state index < -0.39 is 22.9 Å². The largest absolute Gasteiger partial charge is 0.504 e. The Morgan fingerprint density at radius 1 is 1.13 bits per heavy atom. The van der Waals surface area contributed by atoms with Crippen molar-refractivity contribution < 1.29 is 14.3 Å². The quantitative estimate of drug-likeness (QED) is 0.239. The minimum absolute atomic E-state index is 0.157. The molecule has 1 heterocycles. The number of rotatable bonds is 5. The van der Waals surface area contributed by atoms with Crippen LogP contribution in [0.1, 0.15) is 39.2 Å². The van der Waals surface area contributed by atoms with Crippen LogP contribution in [0.25, 0.3) is 0 Å². The van der Waals surface area contributed by atoms with Crippen LogP contribution in [0, 0.1) is 39.8 Å². The van der Waals surface area contributed by atoms with Crippen molar-refractivity contribution in [2.75, 3.05) is 5.32 Å². The predicted molar refractivity (Wildman–Crippen MR) is 109 cm³/mol. The first-order chi connectivity index (χ1) is 14.5. The van der Waals surface area contributed by atoms with Gasteiger partial charge in [-0.1, -0.05) is 0 Å². The summed E-state index contributed by atoms with van der Waals surface area (Å²) in [6.07, 6.45) is 4.63. The molecule has 0 spiro atoms. The number of benzene rings is 1. The molecule has 148 valence electrons. The Kier molecular flexibility index (Phi) is 6.27. The predicted octanol–water partition coefficient (Wildman–Crippen LogP) is 4.68. The molecule has 0 saturated carbocycles. The van der Waals surface area contributed by atoms with E-state index >= 15 is 0 Å². The molecule has 0 saturated heterocycles. The number of carbonyl (C=O) groups is 1. The maximum Gasteiger partial charge on any atom is 0.188 e. The molecule has 0 atom stereocenters. The van der Waals surface area contributed by atoms with Crippen molar-refractivity contribution in [1.29, 1.82) is 15.8 Å². The van der Waals surface area contributed by atoms with Gasteiger partial charge in [-0.25, -0.2) is 4.39 Å². The highest BCUT2D eigenvalue weighted by molar-refractivity contribution is 7.16. The Morgan fingerprint density at radius 2 is 1.80 bits per heavy atom. The van der Waals surface area contributed by atoms with E-state index in [1.807, 2.05) is 0 Å². The number of aliphatic hydroxyl groups is 1. The lowest BCUT2D eigenvalue weighted by Crippen LogP contribution is -2.08. The number of hydrogen-bond acceptors (Lipinski definition) is 7. The highest BCUT2D eigenvalue weighted by Gasteiger charge is 2.23. The molecule has 3 rings (SSSR count). The van der Waals surface area contributed by atoms with Crippen LogP contribution in [-0.4, -0.2) is 10.9 Å². The van der Waals surface area contributed by atoms with Gasteiger partial charge in [0.25, 0.3) is 0 Å². The number of ketones is 1. The van der Waals surface area contributed by atoms with Gasteiger partial charge < -0.3 is 10.4 Å². The number of thiophene rings is 1. The van der Waals surface area contributed by atoms with Gasteiger partial charge in [-0.3, -0.25) is 4.79 Å². The molecular weight excluding hydrogens is 403 g/mol. The summed E-state index contributed by atoms with van der Waals surface area (Å²) in [6, 6.07) is 10.1. The highest BCUT2D eigenvalue weighted by atomic mass is 32.1. The molecule has 8 heteroatoms. The SMILES string of the molecule is N#CC(C#N)=C(O)C(=CC(=O)c1ccc(F)cc1)Nc1sc2c(c1C#N)CCCC2. The van der Waals surface area contributed by atoms with Gasteiger partial charge in [0.1, 0.15) is 29.0 Å². The normalized spacial score (nSPS) is 12.7. The Balaban J connectivity index is 2.07. The van der Waals surface area contributed by atoms with E-state index in [1.54, 1.807) is 12.1 Å². The molecule has 0 bridgehead atoms. The Bertz CT molecular complexity index is 1170. The summed E-state index contributed by atoms with van der Waals surface area (Å²) in [7, 11) is 0. The molecule has 1 aromatic heterocycles. The lowest BCUT2D eigenvalue weighted by atomic mass is 9.96. The molecule has 1 aliphatic carbocycles. The zero-order chi connectivity index (χ0) is 21.7. The molecule has 6 nitrogen and oxygen atoms in total. The van der Waals surface area contributed by atoms with Gasteiger partial charge in [-0.15, -0.1) is 11.3 Å². The summed E-state index contributed by atoms with van der Waals surface area (Å²) in [5.41, 5.74) is 0.769. The third-order valence-corrected chi connectivity index (χ3v) is 5.86. The van der Waals surface area contributed by atoms with Crippen molar-refractivity contribution in [1.82, 2.24) is 0 Å². The Morgan fingerprint density at radius 3 is 2.43 bits per heavy atom. The second-order valence-corrected chi connectivity index (χ2v) is 7.63. The minimum atomic E-state index is -0.703. The van der Waals surface area contributed by atoms with Crippen LogP contribution in [0.5, 0.6) is 0 Å². The van der Waals surface area contributed by atoms with Crippen molar-refractivity contribution in [3.63, 3.8) is 0 Å². The molecule has 1 aromatic carbocycles. The number of carbonyl (C=O) groups excluding carboxylic acids is 1. The van der Waals surface area contributed by atoms with Crippen LogP contribution < -0.4 is 5.32 Å². The first-order valence-electron chi connectivity index (χ1n) is 9.05. The van der Waals surface area contributed by atoms with Crippen LogP contribution in [0.2, 0.25) is 0 Å². The van der Waals surface area contributed by atoms with Gasteiger partial charge in [0, 0.05) is 16.5 Å². The van der Waals surface area contributed by atoms with E-state index in [0.717, 1.165) is 54.3 Å². The van der Waals surface area contributed by atoms with Crippen molar-refractivity contribution in [2.24, 2.45) is 0 Å². The molecular formula is C22H15FN4O2S. The number of allylic oxidation sites excluding steroid dienone is 2. The third kappa shape index (κ3) is 4.22. The zero-order valence-electron chi connectivity index (χ0n) is 15.7. The lowest BCUT2D eigenvalue weighted by Gasteiger charge is -2.10. The maximum absolute atomic E-state index is 13.1. The molecule has 0 fully saturated rings. The lowest BCUT2D eigenvalue weighted by molar-refractivity contribution is 0.104. The summed E-state index contributed by atoms with van der Waals surface area (Å²) < 4.78 is 13.1. The van der Waals surface area contributed by atoms with E-state index in [4.69, 9.17) is 10.5 Å². The number of fused-ring (bicyclic) bond motifs is 1. The van der Waals surface area contributed by atoms with Crippen molar-refractivity contribution >= 4 is 22.1 Å². The summed E-state index contributed by atoms with van der Waals surface area (Å²) in [5, 5.41) is 41.6. The first kappa shape index (κ1) is 20.8. The maximum atomic E-state index is 13.1. The Hall–Kier alpha value is -3.93. The monoisotopic (exact) mass is 418 g/mol. The molecule has 2 aromatic rings. The van der Waals surface area contributed by atoms with Gasteiger partial charge in [0.15, 0.2) is 17.1 Å². The molecule has 1 aliphatic rings. The van der Waals surface area contributed by atoms with Crippen LogP contribution >= 0.6 is 11.3 Å². The standard InChI is InChI=1S/C22H15FN4O2S/c23-15-7-5-13(6-8-15)19(28)9-18(21(29)14(10-24)11-25)27-22-17(12-26)16-3-1-2-4-20(16)30-22/h5-9,27,29H,1-4H2. The van der Waals surface area contributed by atoms with E-state index in [-0.39, 0.29) is 11.3 Å². The van der Waals surface area contributed by atoms with Crippen LogP contribution in [0.15, 0.2) is 47.4 Å². The number of anilines is 1. The number of nitrogens with one attached hydrogen (secondary N) is 1. The molecule has 0 radical (unpaired) electrons. The molecule has 0 amide bonds.